The number of hydrogen-bond acceptors (Lipinski definition) is 6. The van der Waals surface area contributed by atoms with E-state index in [1.54, 1.807) is 13.8 Å². The lowest BCUT2D eigenvalue weighted by Gasteiger charge is -2.28. The van der Waals surface area contributed by atoms with Gasteiger partial charge in [-0.3, -0.25) is 0 Å². The van der Waals surface area contributed by atoms with Crippen LogP contribution >= 0.6 is 0 Å². The predicted octanol–water partition coefficient (Wildman–Crippen LogP) is 5.62. The van der Waals surface area contributed by atoms with Crippen LogP contribution in [-0.4, -0.2) is 37.4 Å². The van der Waals surface area contributed by atoms with E-state index in [2.05, 4.69) is 51.3 Å². The molecule has 0 radical (unpaired) electrons. The van der Waals surface area contributed by atoms with Gasteiger partial charge in [-0.2, -0.15) is 0 Å². The van der Waals surface area contributed by atoms with Crippen molar-refractivity contribution in [3.8, 4) is 11.5 Å². The van der Waals surface area contributed by atoms with Gasteiger partial charge in [-0.1, -0.05) is 51.3 Å². The fraction of sp³-hybridized carbons (Fsp3) is 0.379. The number of ether oxygens (including phenoxy) is 4. The van der Waals surface area contributed by atoms with Crippen molar-refractivity contribution in [2.45, 2.75) is 59.2 Å². The maximum absolute atomic E-state index is 11.3. The topological polar surface area (TPSA) is 71.1 Å². The summed E-state index contributed by atoms with van der Waals surface area (Å²) in [6.45, 7) is 19.2. The highest BCUT2D eigenvalue weighted by atomic mass is 16.6. The molecule has 2 rings (SSSR count). The summed E-state index contributed by atoms with van der Waals surface area (Å²) in [4.78, 5) is 22.7. The number of benzene rings is 2. The van der Waals surface area contributed by atoms with Crippen LogP contribution in [0.15, 0.2) is 61.7 Å². The Hall–Kier alpha value is -3.54. The first-order valence-corrected chi connectivity index (χ1v) is 11.6. The maximum atomic E-state index is 11.3. The second-order valence-corrected chi connectivity index (χ2v) is 9.11. The summed E-state index contributed by atoms with van der Waals surface area (Å²) in [5, 5.41) is 0. The minimum absolute atomic E-state index is 0.258. The fourth-order valence-electron chi connectivity index (χ4n) is 3.54. The van der Waals surface area contributed by atoms with Crippen molar-refractivity contribution < 1.29 is 28.5 Å². The minimum Gasteiger partial charge on any atom is -0.489 e. The van der Waals surface area contributed by atoms with Crippen LogP contribution in [-0.2, 0) is 24.5 Å². The number of rotatable bonds is 12. The van der Waals surface area contributed by atoms with Gasteiger partial charge in [0.05, 0.1) is 0 Å². The van der Waals surface area contributed by atoms with Gasteiger partial charge < -0.3 is 18.9 Å². The lowest BCUT2D eigenvalue weighted by atomic mass is 9.77. The van der Waals surface area contributed by atoms with Crippen LogP contribution in [0.5, 0.6) is 11.5 Å². The van der Waals surface area contributed by atoms with Gasteiger partial charge in [-0.15, -0.1) is 0 Å². The van der Waals surface area contributed by atoms with Crippen LogP contribution in [0.25, 0.3) is 0 Å². The molecule has 0 spiro atoms. The Morgan fingerprint density at radius 3 is 1.49 bits per heavy atom. The molecule has 6 nitrogen and oxygen atoms in total. The average molecular weight is 481 g/mol. The van der Waals surface area contributed by atoms with Gasteiger partial charge in [0.1, 0.15) is 36.9 Å². The van der Waals surface area contributed by atoms with Gasteiger partial charge in [-0.25, -0.2) is 9.59 Å². The van der Waals surface area contributed by atoms with Crippen LogP contribution in [0.1, 0.15) is 49.9 Å². The van der Waals surface area contributed by atoms with E-state index >= 15 is 0 Å². The van der Waals surface area contributed by atoms with Crippen molar-refractivity contribution in [1.82, 2.24) is 0 Å². The Bertz CT molecular complexity index is 985. The molecule has 0 aliphatic carbocycles. The Morgan fingerprint density at radius 1 is 0.800 bits per heavy atom. The zero-order valence-electron chi connectivity index (χ0n) is 21.6. The molecule has 2 aromatic carbocycles. The lowest BCUT2D eigenvalue weighted by molar-refractivity contribution is -0.144. The second kappa shape index (κ2) is 12.2. The molecule has 0 N–H and O–H groups in total. The SMILES string of the molecule is C=CC(=O)OC(C)COc1ccc(C(C)(C)c2ccc(OCC(C)OC(=O)C=C)c(C)c2)cc1C. The Morgan fingerprint density at radius 2 is 1.17 bits per heavy atom. The fourth-order valence-corrected chi connectivity index (χ4v) is 3.54. The molecule has 35 heavy (non-hydrogen) atoms. The quantitative estimate of drug-likeness (QED) is 0.290. The third kappa shape index (κ3) is 7.74. The summed E-state index contributed by atoms with van der Waals surface area (Å²) in [5.74, 6) is 0.564. The van der Waals surface area contributed by atoms with Gasteiger partial charge in [0, 0.05) is 17.6 Å². The van der Waals surface area contributed by atoms with Crippen molar-refractivity contribution in [3.63, 3.8) is 0 Å². The number of carbonyl (C=O) groups excluding carboxylic acids is 2. The van der Waals surface area contributed by atoms with Gasteiger partial charge in [0.25, 0.3) is 0 Å². The molecule has 2 atom stereocenters. The van der Waals surface area contributed by atoms with Crippen molar-refractivity contribution >= 4 is 11.9 Å². The lowest BCUT2D eigenvalue weighted by Crippen LogP contribution is -2.22. The van der Waals surface area contributed by atoms with E-state index in [1.165, 1.54) is 0 Å². The largest absolute Gasteiger partial charge is 0.489 e. The van der Waals surface area contributed by atoms with Crippen molar-refractivity contribution in [2.75, 3.05) is 13.2 Å². The molecule has 0 aromatic heterocycles. The molecule has 0 bridgehead atoms. The molecule has 0 fully saturated rings. The van der Waals surface area contributed by atoms with Crippen LogP contribution in [0.2, 0.25) is 0 Å². The van der Waals surface area contributed by atoms with E-state index in [4.69, 9.17) is 18.9 Å². The summed E-state index contributed by atoms with van der Waals surface area (Å²) in [6.07, 6.45) is 1.52. The first kappa shape index (κ1) is 27.7. The molecule has 2 aromatic rings. The number of hydrogen-bond donors (Lipinski definition) is 0. The number of aryl methyl sites for hydroxylation is 2. The van der Waals surface area contributed by atoms with Crippen LogP contribution in [0, 0.1) is 13.8 Å². The Kier molecular flexibility index (Phi) is 9.69. The molecule has 0 heterocycles. The van der Waals surface area contributed by atoms with E-state index in [9.17, 15) is 9.59 Å². The van der Waals surface area contributed by atoms with Gasteiger partial charge in [0.2, 0.25) is 0 Å². The predicted molar refractivity (Wildman–Crippen MR) is 137 cm³/mol. The summed E-state index contributed by atoms with van der Waals surface area (Å²) in [5.41, 5.74) is 4.03. The van der Waals surface area contributed by atoms with E-state index in [0.717, 1.165) is 45.9 Å². The third-order valence-electron chi connectivity index (χ3n) is 5.71. The molecule has 0 saturated heterocycles. The maximum Gasteiger partial charge on any atom is 0.330 e. The average Bonchev–Trinajstić information content (AvgIpc) is 2.82. The molecule has 188 valence electrons. The third-order valence-corrected chi connectivity index (χ3v) is 5.71. The highest BCUT2D eigenvalue weighted by molar-refractivity contribution is 5.81. The van der Waals surface area contributed by atoms with Crippen molar-refractivity contribution in [1.29, 1.82) is 0 Å². The summed E-state index contributed by atoms with van der Waals surface area (Å²) in [6, 6.07) is 12.2. The zero-order chi connectivity index (χ0) is 26.2. The van der Waals surface area contributed by atoms with Crippen LogP contribution in [0.4, 0.5) is 0 Å². The van der Waals surface area contributed by atoms with Crippen molar-refractivity contribution in [3.05, 3.63) is 84.0 Å². The van der Waals surface area contributed by atoms with Crippen LogP contribution < -0.4 is 9.47 Å². The highest BCUT2D eigenvalue weighted by Crippen LogP contribution is 2.36. The van der Waals surface area contributed by atoms with Crippen molar-refractivity contribution in [2.24, 2.45) is 0 Å². The summed E-state index contributed by atoms with van der Waals surface area (Å²) < 4.78 is 22.0. The summed E-state index contributed by atoms with van der Waals surface area (Å²) >= 11 is 0. The van der Waals surface area contributed by atoms with Gasteiger partial charge in [-0.05, 0) is 62.1 Å². The molecular formula is C29H36O6. The van der Waals surface area contributed by atoms with Gasteiger partial charge in [0.15, 0.2) is 0 Å². The van der Waals surface area contributed by atoms with E-state index in [1.807, 2.05) is 26.0 Å². The van der Waals surface area contributed by atoms with E-state index in [0.29, 0.717) is 0 Å². The van der Waals surface area contributed by atoms with Gasteiger partial charge >= 0.3 is 11.9 Å². The molecule has 0 aliphatic heterocycles. The standard InChI is InChI=1S/C29H36O6/c1-9-27(30)34-21(5)17-32-25-13-11-23(15-19(25)3)29(7,8)24-12-14-26(20(4)16-24)33-18-22(6)35-28(31)10-2/h9-16,21-22H,1-2,17-18H2,3-8H3. The molecule has 2 unspecified atom stereocenters. The molecule has 0 aliphatic rings. The number of carbonyl (C=O) groups is 2. The minimum atomic E-state index is -0.465. The molecular weight excluding hydrogens is 444 g/mol. The first-order chi connectivity index (χ1) is 16.5. The van der Waals surface area contributed by atoms with E-state index < -0.39 is 11.9 Å². The highest BCUT2D eigenvalue weighted by Gasteiger charge is 2.25. The zero-order valence-corrected chi connectivity index (χ0v) is 21.6. The second-order valence-electron chi connectivity index (χ2n) is 9.11. The monoisotopic (exact) mass is 480 g/mol. The molecule has 0 amide bonds. The smallest absolute Gasteiger partial charge is 0.330 e. The molecule has 6 heteroatoms. The first-order valence-electron chi connectivity index (χ1n) is 11.6. The summed E-state index contributed by atoms with van der Waals surface area (Å²) in [7, 11) is 0. The Balaban J connectivity index is 2.09. The van der Waals surface area contributed by atoms with Crippen LogP contribution in [0.3, 0.4) is 0 Å². The normalized spacial score (nSPS) is 12.7. The van der Waals surface area contributed by atoms with E-state index in [-0.39, 0.29) is 30.8 Å². The Labute approximate surface area is 208 Å². The number of esters is 2. The molecule has 0 saturated carbocycles.